The lowest BCUT2D eigenvalue weighted by atomic mass is 9.82. The number of likely N-dealkylation sites (tertiary alicyclic amines) is 1. The van der Waals surface area contributed by atoms with Crippen molar-refractivity contribution < 1.29 is 14.3 Å². The fourth-order valence-electron chi connectivity index (χ4n) is 4.69. The third-order valence-corrected chi connectivity index (χ3v) is 6.45. The molecule has 32 heavy (non-hydrogen) atoms. The van der Waals surface area contributed by atoms with E-state index >= 15 is 0 Å². The smallest absolute Gasteiger partial charge is 0.261 e. The molecule has 2 atom stereocenters. The predicted octanol–water partition coefficient (Wildman–Crippen LogP) is 3.51. The van der Waals surface area contributed by atoms with Gasteiger partial charge >= 0.3 is 0 Å². The molecule has 2 fully saturated rings. The Morgan fingerprint density at radius 2 is 1.72 bits per heavy atom. The molecule has 7 heteroatoms. The zero-order valence-corrected chi connectivity index (χ0v) is 18.3. The lowest BCUT2D eigenvalue weighted by Crippen LogP contribution is -2.65. The normalized spacial score (nSPS) is 19.7. The molecule has 1 amide bonds. The number of hydrogen-bond donors (Lipinski definition) is 0. The molecule has 2 aromatic carbocycles. The van der Waals surface area contributed by atoms with Gasteiger partial charge in [-0.05, 0) is 24.6 Å². The number of aromatic nitrogens is 2. The average molecular weight is 431 g/mol. The van der Waals surface area contributed by atoms with Gasteiger partial charge in [0.2, 0.25) is 5.95 Å². The highest BCUT2D eigenvalue weighted by molar-refractivity contribution is 6.00. The topological polar surface area (TPSA) is 67.8 Å². The van der Waals surface area contributed by atoms with Crippen molar-refractivity contribution in [1.82, 2.24) is 14.9 Å². The molecule has 0 N–H and O–H groups in total. The summed E-state index contributed by atoms with van der Waals surface area (Å²) in [4.78, 5) is 26.9. The van der Waals surface area contributed by atoms with E-state index in [9.17, 15) is 4.79 Å². The van der Waals surface area contributed by atoms with E-state index in [-0.39, 0.29) is 11.9 Å². The Morgan fingerprint density at radius 1 is 0.969 bits per heavy atom. The molecule has 2 aliphatic heterocycles. The molecule has 0 saturated carbocycles. The van der Waals surface area contributed by atoms with Gasteiger partial charge < -0.3 is 19.3 Å². The van der Waals surface area contributed by atoms with Crippen molar-refractivity contribution in [2.24, 2.45) is 5.92 Å². The number of ether oxygens (including phenoxy) is 2. The van der Waals surface area contributed by atoms with Crippen molar-refractivity contribution in [3.63, 3.8) is 0 Å². The summed E-state index contributed by atoms with van der Waals surface area (Å²) in [5.41, 5.74) is 2.45. The first kappa shape index (κ1) is 20.3. The van der Waals surface area contributed by atoms with Crippen LogP contribution < -0.4 is 14.4 Å². The van der Waals surface area contributed by atoms with E-state index in [1.54, 1.807) is 26.4 Å². The van der Waals surface area contributed by atoms with Gasteiger partial charge in [0.15, 0.2) is 0 Å². The molecule has 7 nitrogen and oxygen atoms in total. The minimum Gasteiger partial charge on any atom is -0.496 e. The van der Waals surface area contributed by atoms with Crippen LogP contribution in [0.25, 0.3) is 11.3 Å². The predicted molar refractivity (Wildman–Crippen MR) is 122 cm³/mol. The maximum absolute atomic E-state index is 13.4. The number of carbonyl (C=O) groups is 1. The monoisotopic (exact) mass is 430 g/mol. The molecule has 0 spiro atoms. The Balaban J connectivity index is 1.37. The molecule has 2 saturated heterocycles. The zero-order chi connectivity index (χ0) is 22.1. The standard InChI is InChI=1S/C25H26N4O3/c1-31-21-9-6-10-22(32-2)23(21)24(30)28-14-12-18-15-29(20(18)16-28)25-26-13-11-19(27-25)17-7-4-3-5-8-17/h3-11,13,18,20H,12,14-16H2,1-2H3. The summed E-state index contributed by atoms with van der Waals surface area (Å²) in [6.45, 7) is 2.27. The van der Waals surface area contributed by atoms with Gasteiger partial charge in [0.05, 0.1) is 26.0 Å². The number of rotatable bonds is 5. The number of fused-ring (bicyclic) bond motifs is 1. The van der Waals surface area contributed by atoms with Crippen LogP contribution in [-0.2, 0) is 0 Å². The minimum atomic E-state index is -0.0662. The van der Waals surface area contributed by atoms with E-state index in [0.29, 0.717) is 29.5 Å². The molecule has 1 aromatic heterocycles. The van der Waals surface area contributed by atoms with Crippen LogP contribution >= 0.6 is 0 Å². The summed E-state index contributed by atoms with van der Waals surface area (Å²) < 4.78 is 10.9. The van der Waals surface area contributed by atoms with Crippen LogP contribution in [0, 0.1) is 5.92 Å². The summed E-state index contributed by atoms with van der Waals surface area (Å²) in [5, 5.41) is 0. The third kappa shape index (κ3) is 3.53. The van der Waals surface area contributed by atoms with Crippen molar-refractivity contribution in [3.8, 4) is 22.8 Å². The van der Waals surface area contributed by atoms with Gasteiger partial charge in [0.25, 0.3) is 5.91 Å². The Hall–Kier alpha value is -3.61. The number of nitrogens with zero attached hydrogens (tertiary/aromatic N) is 4. The van der Waals surface area contributed by atoms with E-state index in [1.807, 2.05) is 53.6 Å². The first-order valence-electron chi connectivity index (χ1n) is 10.8. The second-order valence-corrected chi connectivity index (χ2v) is 8.17. The Labute approximate surface area is 187 Å². The lowest BCUT2D eigenvalue weighted by molar-refractivity contribution is 0.0583. The third-order valence-electron chi connectivity index (χ3n) is 6.45. The number of hydrogen-bond acceptors (Lipinski definition) is 6. The summed E-state index contributed by atoms with van der Waals surface area (Å²) in [5.74, 6) is 2.25. The minimum absolute atomic E-state index is 0.0662. The Kier molecular flexibility index (Phi) is 5.39. The second-order valence-electron chi connectivity index (χ2n) is 8.17. The van der Waals surface area contributed by atoms with Gasteiger partial charge in [-0.1, -0.05) is 36.4 Å². The Morgan fingerprint density at radius 3 is 2.44 bits per heavy atom. The van der Waals surface area contributed by atoms with E-state index in [2.05, 4.69) is 9.88 Å². The van der Waals surface area contributed by atoms with Gasteiger partial charge in [0.1, 0.15) is 17.1 Å². The number of benzene rings is 2. The van der Waals surface area contributed by atoms with E-state index in [1.165, 1.54) is 0 Å². The molecule has 3 heterocycles. The van der Waals surface area contributed by atoms with Gasteiger partial charge in [-0.3, -0.25) is 4.79 Å². The summed E-state index contributed by atoms with van der Waals surface area (Å²) >= 11 is 0. The van der Waals surface area contributed by atoms with E-state index in [4.69, 9.17) is 14.5 Å². The van der Waals surface area contributed by atoms with Gasteiger partial charge in [-0.15, -0.1) is 0 Å². The van der Waals surface area contributed by atoms with Crippen LogP contribution in [0.5, 0.6) is 11.5 Å². The quantitative estimate of drug-likeness (QED) is 0.617. The largest absolute Gasteiger partial charge is 0.496 e. The highest BCUT2D eigenvalue weighted by Gasteiger charge is 2.45. The van der Waals surface area contributed by atoms with Crippen LogP contribution in [0.3, 0.4) is 0 Å². The second kappa shape index (κ2) is 8.49. The van der Waals surface area contributed by atoms with E-state index < -0.39 is 0 Å². The van der Waals surface area contributed by atoms with Crippen molar-refractivity contribution in [2.45, 2.75) is 12.5 Å². The zero-order valence-electron chi connectivity index (χ0n) is 18.3. The van der Waals surface area contributed by atoms with Crippen molar-refractivity contribution in [1.29, 1.82) is 0 Å². The van der Waals surface area contributed by atoms with Gasteiger partial charge in [-0.25, -0.2) is 9.97 Å². The molecule has 0 bridgehead atoms. The summed E-state index contributed by atoms with van der Waals surface area (Å²) in [7, 11) is 3.14. The van der Waals surface area contributed by atoms with Crippen LogP contribution in [-0.4, -0.2) is 60.7 Å². The van der Waals surface area contributed by atoms with Crippen molar-refractivity contribution in [2.75, 3.05) is 38.8 Å². The molecular weight excluding hydrogens is 404 g/mol. The maximum atomic E-state index is 13.4. The number of methoxy groups -OCH3 is 2. The first-order valence-corrected chi connectivity index (χ1v) is 10.8. The number of piperidine rings is 1. The molecule has 0 radical (unpaired) electrons. The number of amides is 1. The van der Waals surface area contributed by atoms with Crippen LogP contribution in [0.4, 0.5) is 5.95 Å². The molecule has 164 valence electrons. The van der Waals surface area contributed by atoms with Crippen LogP contribution in [0.15, 0.2) is 60.8 Å². The maximum Gasteiger partial charge on any atom is 0.261 e. The molecule has 0 aliphatic carbocycles. The fourth-order valence-corrected chi connectivity index (χ4v) is 4.69. The molecule has 2 aliphatic rings. The molecule has 2 unspecified atom stereocenters. The molecular formula is C25H26N4O3. The van der Waals surface area contributed by atoms with Gasteiger partial charge in [0, 0.05) is 37.3 Å². The highest BCUT2D eigenvalue weighted by Crippen LogP contribution is 2.37. The van der Waals surface area contributed by atoms with Crippen molar-refractivity contribution >= 4 is 11.9 Å². The highest BCUT2D eigenvalue weighted by atomic mass is 16.5. The van der Waals surface area contributed by atoms with Crippen molar-refractivity contribution in [3.05, 3.63) is 66.4 Å². The first-order chi connectivity index (χ1) is 15.7. The molecule has 3 aromatic rings. The van der Waals surface area contributed by atoms with Gasteiger partial charge in [-0.2, -0.15) is 0 Å². The van der Waals surface area contributed by atoms with Crippen LogP contribution in [0.1, 0.15) is 16.8 Å². The number of anilines is 1. The molecule has 5 rings (SSSR count). The lowest BCUT2D eigenvalue weighted by Gasteiger charge is -2.53. The Bertz CT molecular complexity index is 1100. The summed E-state index contributed by atoms with van der Waals surface area (Å²) in [6.07, 6.45) is 2.77. The average Bonchev–Trinajstić information content (AvgIpc) is 2.84. The summed E-state index contributed by atoms with van der Waals surface area (Å²) in [6, 6.07) is 17.7. The fraction of sp³-hybridized carbons (Fsp3) is 0.320. The number of carbonyl (C=O) groups excluding carboxylic acids is 1. The van der Waals surface area contributed by atoms with Crippen LogP contribution in [0.2, 0.25) is 0 Å². The van der Waals surface area contributed by atoms with E-state index in [0.717, 1.165) is 36.7 Å². The SMILES string of the molecule is COc1cccc(OC)c1C(=O)N1CCC2CN(c3nccc(-c4ccccc4)n3)C2C1.